The minimum absolute atomic E-state index is 0.467. The number of aryl methyl sites for hydroxylation is 2. The molecule has 2 unspecified atom stereocenters. The van der Waals surface area contributed by atoms with E-state index < -0.39 is 0 Å². The second-order valence-electron chi connectivity index (χ2n) is 6.70. The Morgan fingerprint density at radius 1 is 0.696 bits per heavy atom. The van der Waals surface area contributed by atoms with E-state index in [9.17, 15) is 0 Å². The second kappa shape index (κ2) is 5.70. The molecule has 0 aliphatic heterocycles. The summed E-state index contributed by atoms with van der Waals surface area (Å²) in [6.07, 6.45) is 1.14. The molecular formula is C23H22. The molecule has 0 fully saturated rings. The summed E-state index contributed by atoms with van der Waals surface area (Å²) in [5, 5.41) is 0. The zero-order valence-corrected chi connectivity index (χ0v) is 13.8. The fraction of sp³-hybridized carbons (Fsp3) is 0.217. The van der Waals surface area contributed by atoms with Crippen LogP contribution in [0.25, 0.3) is 0 Å². The predicted molar refractivity (Wildman–Crippen MR) is 97.1 cm³/mol. The van der Waals surface area contributed by atoms with E-state index in [1.807, 2.05) is 0 Å². The standard InChI is InChI=1S/C23H22/c1-16-9-8-10-17(2)22(16)23-20-14-7-6-13-19(20)15-21(23)18-11-4-3-5-12-18/h3-14,21,23H,15H2,1-2H3. The van der Waals surface area contributed by atoms with Gasteiger partial charge in [0.1, 0.15) is 0 Å². The first kappa shape index (κ1) is 14.3. The molecule has 0 saturated heterocycles. The van der Waals surface area contributed by atoms with Crippen LogP contribution in [0.15, 0.2) is 72.8 Å². The van der Waals surface area contributed by atoms with E-state index in [-0.39, 0.29) is 0 Å². The summed E-state index contributed by atoms with van der Waals surface area (Å²) >= 11 is 0. The molecule has 1 aliphatic carbocycles. The molecule has 0 heteroatoms. The van der Waals surface area contributed by atoms with Gasteiger partial charge in [-0.25, -0.2) is 0 Å². The first-order valence-electron chi connectivity index (χ1n) is 8.44. The zero-order chi connectivity index (χ0) is 15.8. The Labute approximate surface area is 138 Å². The highest BCUT2D eigenvalue weighted by Gasteiger charge is 2.35. The van der Waals surface area contributed by atoms with Crippen LogP contribution in [0.4, 0.5) is 0 Å². The van der Waals surface area contributed by atoms with Gasteiger partial charge in [-0.05, 0) is 59.6 Å². The van der Waals surface area contributed by atoms with Gasteiger partial charge in [-0.2, -0.15) is 0 Å². The molecule has 114 valence electrons. The van der Waals surface area contributed by atoms with Crippen molar-refractivity contribution in [1.29, 1.82) is 0 Å². The lowest BCUT2D eigenvalue weighted by Gasteiger charge is -2.25. The number of benzene rings is 3. The number of hydrogen-bond donors (Lipinski definition) is 0. The smallest absolute Gasteiger partial charge is 0.0169 e. The van der Waals surface area contributed by atoms with E-state index in [0.29, 0.717) is 11.8 Å². The Kier molecular flexibility index (Phi) is 3.53. The van der Waals surface area contributed by atoms with Crippen molar-refractivity contribution in [3.05, 3.63) is 106 Å². The molecule has 0 nitrogen and oxygen atoms in total. The number of rotatable bonds is 2. The lowest BCUT2D eigenvalue weighted by Crippen LogP contribution is -2.11. The maximum Gasteiger partial charge on any atom is 0.0169 e. The molecule has 0 amide bonds. The largest absolute Gasteiger partial charge is 0.0622 e. The van der Waals surface area contributed by atoms with Crippen molar-refractivity contribution in [2.75, 3.05) is 0 Å². The monoisotopic (exact) mass is 298 g/mol. The molecule has 0 saturated carbocycles. The van der Waals surface area contributed by atoms with Crippen LogP contribution in [0.5, 0.6) is 0 Å². The third-order valence-electron chi connectivity index (χ3n) is 5.31. The molecule has 1 aliphatic rings. The van der Waals surface area contributed by atoms with Crippen molar-refractivity contribution in [3.63, 3.8) is 0 Å². The van der Waals surface area contributed by atoms with Gasteiger partial charge in [0.25, 0.3) is 0 Å². The molecule has 3 aromatic rings. The highest BCUT2D eigenvalue weighted by molar-refractivity contribution is 5.52. The first-order chi connectivity index (χ1) is 11.3. The van der Waals surface area contributed by atoms with Crippen molar-refractivity contribution in [2.24, 2.45) is 0 Å². The summed E-state index contributed by atoms with van der Waals surface area (Å²) in [4.78, 5) is 0. The molecule has 0 aromatic heterocycles. The van der Waals surface area contributed by atoms with Gasteiger partial charge < -0.3 is 0 Å². The summed E-state index contributed by atoms with van der Waals surface area (Å²) in [6.45, 7) is 4.51. The molecule has 0 spiro atoms. The fourth-order valence-electron chi connectivity index (χ4n) is 4.28. The molecule has 2 atom stereocenters. The summed E-state index contributed by atoms with van der Waals surface area (Å²) in [7, 11) is 0. The molecular weight excluding hydrogens is 276 g/mol. The van der Waals surface area contributed by atoms with Gasteiger partial charge in [-0.3, -0.25) is 0 Å². The van der Waals surface area contributed by atoms with Gasteiger partial charge in [-0.1, -0.05) is 72.8 Å². The van der Waals surface area contributed by atoms with E-state index in [4.69, 9.17) is 0 Å². The SMILES string of the molecule is Cc1cccc(C)c1C1c2ccccc2CC1c1ccccc1. The van der Waals surface area contributed by atoms with Crippen molar-refractivity contribution < 1.29 is 0 Å². The van der Waals surface area contributed by atoms with Crippen molar-refractivity contribution in [3.8, 4) is 0 Å². The van der Waals surface area contributed by atoms with Crippen molar-refractivity contribution in [2.45, 2.75) is 32.1 Å². The summed E-state index contributed by atoms with van der Waals surface area (Å²) in [5.74, 6) is 1.00. The third-order valence-corrected chi connectivity index (χ3v) is 5.31. The molecule has 3 aromatic carbocycles. The Morgan fingerprint density at radius 2 is 1.35 bits per heavy atom. The van der Waals surface area contributed by atoms with Crippen LogP contribution in [-0.2, 0) is 6.42 Å². The van der Waals surface area contributed by atoms with Crippen LogP contribution in [-0.4, -0.2) is 0 Å². The zero-order valence-electron chi connectivity index (χ0n) is 13.8. The van der Waals surface area contributed by atoms with Crippen molar-refractivity contribution in [1.82, 2.24) is 0 Å². The second-order valence-corrected chi connectivity index (χ2v) is 6.70. The van der Waals surface area contributed by atoms with Crippen LogP contribution in [0.2, 0.25) is 0 Å². The Hall–Kier alpha value is -2.34. The minimum Gasteiger partial charge on any atom is -0.0622 e. The normalized spacial score (nSPS) is 19.6. The van der Waals surface area contributed by atoms with Crippen LogP contribution in [0, 0.1) is 13.8 Å². The first-order valence-corrected chi connectivity index (χ1v) is 8.44. The van der Waals surface area contributed by atoms with Gasteiger partial charge in [-0.15, -0.1) is 0 Å². The number of hydrogen-bond acceptors (Lipinski definition) is 0. The lowest BCUT2D eigenvalue weighted by atomic mass is 9.78. The topological polar surface area (TPSA) is 0 Å². The molecule has 0 bridgehead atoms. The molecule has 0 heterocycles. The van der Waals surface area contributed by atoms with E-state index in [2.05, 4.69) is 86.6 Å². The van der Waals surface area contributed by atoms with Crippen LogP contribution >= 0.6 is 0 Å². The van der Waals surface area contributed by atoms with Crippen LogP contribution in [0.1, 0.15) is 45.2 Å². The molecule has 0 N–H and O–H groups in total. The predicted octanol–water partition coefficient (Wildman–Crippen LogP) is 5.78. The lowest BCUT2D eigenvalue weighted by molar-refractivity contribution is 0.651. The van der Waals surface area contributed by atoms with Gasteiger partial charge in [0.2, 0.25) is 0 Å². The van der Waals surface area contributed by atoms with Crippen molar-refractivity contribution >= 4 is 0 Å². The van der Waals surface area contributed by atoms with Gasteiger partial charge in [0.05, 0.1) is 0 Å². The van der Waals surface area contributed by atoms with Gasteiger partial charge >= 0.3 is 0 Å². The van der Waals surface area contributed by atoms with E-state index in [1.165, 1.54) is 33.4 Å². The maximum absolute atomic E-state index is 2.33. The van der Waals surface area contributed by atoms with Crippen LogP contribution in [0.3, 0.4) is 0 Å². The molecule has 4 rings (SSSR count). The maximum atomic E-state index is 2.33. The average molecular weight is 298 g/mol. The summed E-state index contributed by atoms with van der Waals surface area (Å²) in [6, 6.07) is 26.7. The Bertz CT molecular complexity index is 809. The Balaban J connectivity index is 1.92. The Morgan fingerprint density at radius 3 is 2.09 bits per heavy atom. The molecule has 23 heavy (non-hydrogen) atoms. The van der Waals surface area contributed by atoms with Crippen LogP contribution < -0.4 is 0 Å². The fourth-order valence-corrected chi connectivity index (χ4v) is 4.28. The summed E-state index contributed by atoms with van der Waals surface area (Å²) in [5.41, 5.74) is 8.82. The summed E-state index contributed by atoms with van der Waals surface area (Å²) < 4.78 is 0. The minimum atomic E-state index is 0.467. The van der Waals surface area contributed by atoms with Gasteiger partial charge in [0.15, 0.2) is 0 Å². The van der Waals surface area contributed by atoms with Gasteiger partial charge in [0, 0.05) is 5.92 Å². The number of fused-ring (bicyclic) bond motifs is 1. The third kappa shape index (κ3) is 2.39. The highest BCUT2D eigenvalue weighted by atomic mass is 14.4. The molecule has 0 radical (unpaired) electrons. The van der Waals surface area contributed by atoms with E-state index in [0.717, 1.165) is 6.42 Å². The quantitative estimate of drug-likeness (QED) is 0.563. The van der Waals surface area contributed by atoms with E-state index in [1.54, 1.807) is 0 Å². The highest BCUT2D eigenvalue weighted by Crippen LogP contribution is 2.49. The average Bonchev–Trinajstić information content (AvgIpc) is 2.95. The van der Waals surface area contributed by atoms with E-state index >= 15 is 0 Å².